The lowest BCUT2D eigenvalue weighted by atomic mass is 9.83. The van der Waals surface area contributed by atoms with Gasteiger partial charge in [0.15, 0.2) is 11.5 Å². The third-order valence-electron chi connectivity index (χ3n) is 7.09. The van der Waals surface area contributed by atoms with E-state index in [1.807, 2.05) is 6.08 Å². The zero-order valence-electron chi connectivity index (χ0n) is 22.7. The molecule has 0 saturated heterocycles. The van der Waals surface area contributed by atoms with Gasteiger partial charge in [-0.1, -0.05) is 18.2 Å². The van der Waals surface area contributed by atoms with Crippen molar-refractivity contribution in [2.75, 3.05) is 21.3 Å². The monoisotopic (exact) mass is 538 g/mol. The molecule has 2 aromatic rings. The molecule has 208 valence electrons. The van der Waals surface area contributed by atoms with Crippen molar-refractivity contribution >= 4 is 23.8 Å². The first-order chi connectivity index (χ1) is 18.8. The maximum atomic E-state index is 13.4. The van der Waals surface area contributed by atoms with E-state index in [9.17, 15) is 19.5 Å². The Morgan fingerprint density at radius 1 is 0.974 bits per heavy atom. The molecule has 0 amide bonds. The Morgan fingerprint density at radius 3 is 2.44 bits per heavy atom. The van der Waals surface area contributed by atoms with E-state index in [1.165, 1.54) is 21.3 Å². The molecule has 0 spiro atoms. The highest BCUT2D eigenvalue weighted by molar-refractivity contribution is 5.98. The number of rotatable bonds is 4. The molecule has 2 aliphatic rings. The van der Waals surface area contributed by atoms with Crippen LogP contribution in [0.1, 0.15) is 84.8 Å². The molecule has 0 fully saturated rings. The van der Waals surface area contributed by atoms with E-state index in [0.29, 0.717) is 66.9 Å². The van der Waals surface area contributed by atoms with Gasteiger partial charge in [-0.05, 0) is 50.3 Å². The number of Topliss-reactive ketones (excluding diaryl/α,β-unsaturated/α-hetero) is 1. The highest BCUT2D eigenvalue weighted by Crippen LogP contribution is 2.52. The zero-order chi connectivity index (χ0) is 28.1. The number of methoxy groups -OCH3 is 3. The third kappa shape index (κ3) is 5.87. The summed E-state index contributed by atoms with van der Waals surface area (Å²) in [5.74, 6) is -0.757. The minimum atomic E-state index is -0.699. The van der Waals surface area contributed by atoms with Crippen molar-refractivity contribution in [3.05, 3.63) is 46.5 Å². The van der Waals surface area contributed by atoms with Gasteiger partial charge in [0.1, 0.15) is 22.8 Å². The number of hydrogen-bond donors (Lipinski definition) is 1. The lowest BCUT2D eigenvalue weighted by Crippen LogP contribution is -2.23. The normalized spacial score (nSPS) is 20.2. The first kappa shape index (κ1) is 28.0. The predicted molar refractivity (Wildman–Crippen MR) is 143 cm³/mol. The first-order valence-corrected chi connectivity index (χ1v) is 13.1. The van der Waals surface area contributed by atoms with Crippen LogP contribution in [0.4, 0.5) is 0 Å². The molecular weight excluding hydrogens is 504 g/mol. The fourth-order valence-corrected chi connectivity index (χ4v) is 5.18. The summed E-state index contributed by atoms with van der Waals surface area (Å²) in [7, 11) is 4.46. The van der Waals surface area contributed by atoms with Crippen LogP contribution in [0.25, 0.3) is 6.08 Å². The van der Waals surface area contributed by atoms with Crippen LogP contribution < -0.4 is 18.9 Å². The number of carbonyl (C=O) groups is 3. The van der Waals surface area contributed by atoms with Crippen LogP contribution in [-0.4, -0.2) is 50.3 Å². The number of benzene rings is 2. The van der Waals surface area contributed by atoms with E-state index < -0.39 is 24.0 Å². The average Bonchev–Trinajstić information content (AvgIpc) is 2.90. The second kappa shape index (κ2) is 12.2. The number of allylic oxidation sites excluding steroid dienone is 1. The quantitative estimate of drug-likeness (QED) is 0.406. The maximum absolute atomic E-state index is 13.4. The van der Waals surface area contributed by atoms with Crippen molar-refractivity contribution in [3.63, 3.8) is 0 Å². The van der Waals surface area contributed by atoms with Crippen LogP contribution in [0.5, 0.6) is 28.7 Å². The van der Waals surface area contributed by atoms with Crippen LogP contribution in [0.15, 0.2) is 24.3 Å². The first-order valence-electron chi connectivity index (χ1n) is 13.1. The Morgan fingerprint density at radius 2 is 1.72 bits per heavy atom. The van der Waals surface area contributed by atoms with Crippen molar-refractivity contribution in [1.82, 2.24) is 0 Å². The summed E-state index contributed by atoms with van der Waals surface area (Å²) in [6, 6.07) is 5.00. The molecule has 2 heterocycles. The number of ketones is 1. The number of ether oxygens (including phenoxy) is 5. The zero-order valence-corrected chi connectivity index (χ0v) is 22.7. The van der Waals surface area contributed by atoms with E-state index in [4.69, 9.17) is 23.7 Å². The number of esters is 2. The molecule has 0 radical (unpaired) electrons. The number of fused-ring (bicyclic) bond motifs is 2. The summed E-state index contributed by atoms with van der Waals surface area (Å²) in [6.45, 7) is 1.76. The molecule has 0 aliphatic carbocycles. The molecule has 1 N–H and O–H groups in total. The second-order valence-electron chi connectivity index (χ2n) is 9.70. The Hall–Kier alpha value is -4.01. The SMILES string of the molecule is COc1ccc([C@H]2CC(=O)Oc3cc4c(c(O)c32)C(=O)O[C@H](C)CCCC(=O)CCCC=C4)c(OC)c1OC. The van der Waals surface area contributed by atoms with Crippen LogP contribution in [0.3, 0.4) is 0 Å². The summed E-state index contributed by atoms with van der Waals surface area (Å²) in [6.07, 6.45) is 6.32. The fraction of sp³-hybridized carbons (Fsp3) is 0.433. The van der Waals surface area contributed by atoms with Crippen molar-refractivity contribution in [2.45, 2.75) is 63.9 Å². The highest BCUT2D eigenvalue weighted by atomic mass is 16.5. The molecule has 0 saturated carbocycles. The minimum absolute atomic E-state index is 0.00706. The second-order valence-corrected chi connectivity index (χ2v) is 9.70. The molecule has 4 rings (SSSR count). The Balaban J connectivity index is 1.87. The van der Waals surface area contributed by atoms with E-state index in [1.54, 1.807) is 31.2 Å². The average molecular weight is 539 g/mol. The van der Waals surface area contributed by atoms with Gasteiger partial charge in [0.05, 0.1) is 33.9 Å². The van der Waals surface area contributed by atoms with E-state index in [0.717, 1.165) is 0 Å². The summed E-state index contributed by atoms with van der Waals surface area (Å²) in [4.78, 5) is 38.2. The number of hydrogen-bond acceptors (Lipinski definition) is 9. The van der Waals surface area contributed by atoms with E-state index >= 15 is 0 Å². The van der Waals surface area contributed by atoms with Crippen molar-refractivity contribution in [2.24, 2.45) is 0 Å². The number of cyclic esters (lactones) is 1. The van der Waals surface area contributed by atoms with Crippen molar-refractivity contribution in [1.29, 1.82) is 0 Å². The van der Waals surface area contributed by atoms with Gasteiger partial charge in [-0.3, -0.25) is 9.59 Å². The van der Waals surface area contributed by atoms with Crippen molar-refractivity contribution in [3.8, 4) is 28.7 Å². The van der Waals surface area contributed by atoms with Crippen LogP contribution >= 0.6 is 0 Å². The summed E-state index contributed by atoms with van der Waals surface area (Å²) in [5, 5.41) is 11.6. The molecule has 0 aromatic heterocycles. The molecule has 9 nitrogen and oxygen atoms in total. The summed E-state index contributed by atoms with van der Waals surface area (Å²) in [5.41, 5.74) is 1.20. The third-order valence-corrected chi connectivity index (χ3v) is 7.09. The maximum Gasteiger partial charge on any atom is 0.342 e. The van der Waals surface area contributed by atoms with Gasteiger partial charge in [0.2, 0.25) is 5.75 Å². The molecule has 2 atom stereocenters. The molecule has 0 bridgehead atoms. The van der Waals surface area contributed by atoms with E-state index in [2.05, 4.69) is 0 Å². The van der Waals surface area contributed by atoms with Gasteiger partial charge in [-0.25, -0.2) is 4.79 Å². The van der Waals surface area contributed by atoms with Gasteiger partial charge in [-0.15, -0.1) is 0 Å². The highest BCUT2D eigenvalue weighted by Gasteiger charge is 2.37. The molecule has 2 aromatic carbocycles. The predicted octanol–water partition coefficient (Wildman–Crippen LogP) is 5.34. The Bertz CT molecular complexity index is 1290. The Kier molecular flexibility index (Phi) is 8.79. The molecule has 0 unspecified atom stereocenters. The van der Waals surface area contributed by atoms with Gasteiger partial charge in [0, 0.05) is 29.9 Å². The van der Waals surface area contributed by atoms with Crippen LogP contribution in [0.2, 0.25) is 0 Å². The van der Waals surface area contributed by atoms with Crippen LogP contribution in [0, 0.1) is 0 Å². The number of carbonyl (C=O) groups excluding carboxylic acids is 3. The Labute approximate surface area is 227 Å². The number of aromatic hydroxyl groups is 1. The van der Waals surface area contributed by atoms with Crippen LogP contribution in [-0.2, 0) is 14.3 Å². The summed E-state index contributed by atoms with van der Waals surface area (Å²) >= 11 is 0. The molecule has 9 heteroatoms. The van der Waals surface area contributed by atoms with Gasteiger partial charge < -0.3 is 28.8 Å². The van der Waals surface area contributed by atoms with Gasteiger partial charge in [0.25, 0.3) is 0 Å². The fourth-order valence-electron chi connectivity index (χ4n) is 5.18. The number of phenols is 1. The molecular formula is C30H34O9. The van der Waals surface area contributed by atoms with Gasteiger partial charge >= 0.3 is 11.9 Å². The largest absolute Gasteiger partial charge is 0.507 e. The number of phenolic OH excluding ortho intramolecular Hbond substituents is 1. The smallest absolute Gasteiger partial charge is 0.342 e. The summed E-state index contributed by atoms with van der Waals surface area (Å²) < 4.78 is 27.8. The topological polar surface area (TPSA) is 118 Å². The van der Waals surface area contributed by atoms with Crippen molar-refractivity contribution < 1.29 is 43.2 Å². The lowest BCUT2D eigenvalue weighted by molar-refractivity contribution is -0.135. The van der Waals surface area contributed by atoms with E-state index in [-0.39, 0.29) is 34.8 Å². The van der Waals surface area contributed by atoms with Gasteiger partial charge in [-0.2, -0.15) is 0 Å². The lowest BCUT2D eigenvalue weighted by Gasteiger charge is -2.29. The standard InChI is InChI=1S/C30H34O9/c1-17-9-8-12-19(31)11-7-5-6-10-18-15-23-26(27(33)25(18)30(34)38-17)21(16-24(32)39-23)20-13-14-22(35-2)29(37-4)28(20)36-3/h6,10,13-15,17,21,33H,5,7-9,11-12,16H2,1-4H3/t17-,21-/m1/s1. The molecule has 39 heavy (non-hydrogen) atoms. The minimum Gasteiger partial charge on any atom is -0.507 e. The molecule has 2 aliphatic heterocycles.